The largest absolute Gasteiger partial charge is 0.330 e. The summed E-state index contributed by atoms with van der Waals surface area (Å²) in [6.45, 7) is 9.24. The molecule has 0 aliphatic heterocycles. The van der Waals surface area contributed by atoms with Crippen molar-refractivity contribution in [3.05, 3.63) is 21.9 Å². The fourth-order valence-corrected chi connectivity index (χ4v) is 2.23. The molecular formula is C12H22N2S. The maximum atomic E-state index is 5.67. The van der Waals surface area contributed by atoms with Gasteiger partial charge < -0.3 is 11.1 Å². The van der Waals surface area contributed by atoms with Crippen LogP contribution in [-0.4, -0.2) is 13.1 Å². The summed E-state index contributed by atoms with van der Waals surface area (Å²) in [5.74, 6) is 0. The van der Waals surface area contributed by atoms with Crippen molar-refractivity contribution in [1.82, 2.24) is 5.32 Å². The van der Waals surface area contributed by atoms with E-state index in [2.05, 4.69) is 38.2 Å². The van der Waals surface area contributed by atoms with Crippen LogP contribution in [0, 0.1) is 5.41 Å². The minimum Gasteiger partial charge on any atom is -0.330 e. The van der Waals surface area contributed by atoms with Gasteiger partial charge >= 0.3 is 0 Å². The van der Waals surface area contributed by atoms with Crippen LogP contribution in [0.25, 0.3) is 0 Å². The first kappa shape index (κ1) is 12.7. The molecule has 1 rings (SSSR count). The molecule has 0 bridgehead atoms. The van der Waals surface area contributed by atoms with E-state index < -0.39 is 0 Å². The van der Waals surface area contributed by atoms with Crippen molar-refractivity contribution in [2.24, 2.45) is 11.1 Å². The number of rotatable bonds is 6. The molecule has 15 heavy (non-hydrogen) atoms. The van der Waals surface area contributed by atoms with Crippen LogP contribution in [0.5, 0.6) is 0 Å². The smallest absolute Gasteiger partial charge is 0.0300 e. The molecule has 0 amide bonds. The lowest BCUT2D eigenvalue weighted by Crippen LogP contribution is -2.35. The summed E-state index contributed by atoms with van der Waals surface area (Å²) in [4.78, 5) is 2.88. The molecule has 1 heterocycles. The van der Waals surface area contributed by atoms with Crippen LogP contribution in [0.1, 0.15) is 30.5 Å². The Bertz CT molecular complexity index is 292. The Hall–Kier alpha value is -0.380. The average molecular weight is 226 g/mol. The Kier molecular flexibility index (Phi) is 4.77. The second-order valence-corrected chi connectivity index (χ2v) is 5.95. The highest BCUT2D eigenvalue weighted by atomic mass is 32.1. The number of nitrogens with two attached hydrogens (primary N) is 1. The zero-order valence-electron chi connectivity index (χ0n) is 9.97. The van der Waals surface area contributed by atoms with Crippen LogP contribution in [0.15, 0.2) is 12.1 Å². The van der Waals surface area contributed by atoms with Crippen molar-refractivity contribution in [1.29, 1.82) is 0 Å². The minimum absolute atomic E-state index is 0.199. The molecule has 0 fully saturated rings. The zero-order valence-corrected chi connectivity index (χ0v) is 10.8. The summed E-state index contributed by atoms with van der Waals surface area (Å²) >= 11 is 1.90. The van der Waals surface area contributed by atoms with Crippen LogP contribution < -0.4 is 11.1 Å². The summed E-state index contributed by atoms with van der Waals surface area (Å²) < 4.78 is 0. The van der Waals surface area contributed by atoms with Crippen molar-refractivity contribution in [2.45, 2.75) is 33.7 Å². The van der Waals surface area contributed by atoms with E-state index in [0.717, 1.165) is 26.1 Å². The van der Waals surface area contributed by atoms with Crippen LogP contribution >= 0.6 is 11.3 Å². The van der Waals surface area contributed by atoms with Gasteiger partial charge in [0.1, 0.15) is 0 Å². The molecule has 3 N–H and O–H groups in total. The molecule has 1 aromatic heterocycles. The lowest BCUT2D eigenvalue weighted by Gasteiger charge is -2.22. The molecule has 0 unspecified atom stereocenters. The molecule has 0 spiro atoms. The second-order valence-electron chi connectivity index (χ2n) is 4.69. The first-order chi connectivity index (χ1) is 7.07. The predicted molar refractivity (Wildman–Crippen MR) is 68.2 cm³/mol. The van der Waals surface area contributed by atoms with E-state index >= 15 is 0 Å². The van der Waals surface area contributed by atoms with Gasteiger partial charge in [0.15, 0.2) is 0 Å². The van der Waals surface area contributed by atoms with Crippen molar-refractivity contribution < 1.29 is 0 Å². The van der Waals surface area contributed by atoms with Crippen molar-refractivity contribution in [3.8, 4) is 0 Å². The van der Waals surface area contributed by atoms with Crippen molar-refractivity contribution >= 4 is 11.3 Å². The zero-order chi connectivity index (χ0) is 11.3. The molecule has 0 aromatic carbocycles. The topological polar surface area (TPSA) is 38.0 Å². The van der Waals surface area contributed by atoms with E-state index in [4.69, 9.17) is 5.73 Å². The summed E-state index contributed by atoms with van der Waals surface area (Å²) in [5, 5.41) is 3.46. The third-order valence-electron chi connectivity index (χ3n) is 2.52. The Morgan fingerprint density at radius 3 is 2.53 bits per heavy atom. The number of aryl methyl sites for hydroxylation is 1. The molecule has 0 atom stereocenters. The van der Waals surface area contributed by atoms with Gasteiger partial charge in [-0.2, -0.15) is 0 Å². The van der Waals surface area contributed by atoms with Gasteiger partial charge in [-0.1, -0.05) is 20.8 Å². The number of thiophene rings is 1. The SMILES string of the molecule is CCc1ccc(CNCC(C)(C)CN)s1. The Morgan fingerprint density at radius 1 is 1.33 bits per heavy atom. The minimum atomic E-state index is 0.199. The van der Waals surface area contributed by atoms with E-state index in [1.54, 1.807) is 0 Å². The third kappa shape index (κ3) is 4.33. The Labute approximate surface area is 96.9 Å². The van der Waals surface area contributed by atoms with Gasteiger partial charge in [0.05, 0.1) is 0 Å². The van der Waals surface area contributed by atoms with E-state index in [1.807, 2.05) is 11.3 Å². The van der Waals surface area contributed by atoms with Crippen LogP contribution in [0.3, 0.4) is 0 Å². The summed E-state index contributed by atoms with van der Waals surface area (Å²) in [5.41, 5.74) is 5.87. The van der Waals surface area contributed by atoms with Gasteiger partial charge in [0.25, 0.3) is 0 Å². The fraction of sp³-hybridized carbons (Fsp3) is 0.667. The standard InChI is InChI=1S/C12H22N2S/c1-4-10-5-6-11(15-10)7-14-9-12(2,3)8-13/h5-6,14H,4,7-9,13H2,1-3H3. The van der Waals surface area contributed by atoms with E-state index in [1.165, 1.54) is 9.75 Å². The van der Waals surface area contributed by atoms with Gasteiger partial charge in [-0.15, -0.1) is 11.3 Å². The maximum absolute atomic E-state index is 5.67. The fourth-order valence-electron chi connectivity index (χ4n) is 1.30. The molecule has 2 nitrogen and oxygen atoms in total. The Balaban J connectivity index is 2.31. The number of nitrogens with one attached hydrogen (secondary N) is 1. The van der Waals surface area contributed by atoms with E-state index in [-0.39, 0.29) is 5.41 Å². The van der Waals surface area contributed by atoms with Gasteiger partial charge in [0, 0.05) is 22.8 Å². The van der Waals surface area contributed by atoms with Gasteiger partial charge in [-0.25, -0.2) is 0 Å². The summed E-state index contributed by atoms with van der Waals surface area (Å²) in [6, 6.07) is 4.43. The first-order valence-corrected chi connectivity index (χ1v) is 6.37. The second kappa shape index (κ2) is 5.64. The maximum Gasteiger partial charge on any atom is 0.0300 e. The lowest BCUT2D eigenvalue weighted by molar-refractivity contribution is 0.352. The highest BCUT2D eigenvalue weighted by Gasteiger charge is 2.14. The Morgan fingerprint density at radius 2 is 2.00 bits per heavy atom. The van der Waals surface area contributed by atoms with Crippen LogP contribution in [-0.2, 0) is 13.0 Å². The highest BCUT2D eigenvalue weighted by Crippen LogP contribution is 2.17. The number of hydrogen-bond donors (Lipinski definition) is 2. The highest BCUT2D eigenvalue weighted by molar-refractivity contribution is 7.11. The van der Waals surface area contributed by atoms with E-state index in [0.29, 0.717) is 0 Å². The average Bonchev–Trinajstić information content (AvgIpc) is 2.66. The molecule has 1 aromatic rings. The number of hydrogen-bond acceptors (Lipinski definition) is 3. The molecular weight excluding hydrogens is 204 g/mol. The molecule has 0 aliphatic rings. The van der Waals surface area contributed by atoms with Gasteiger partial charge in [0.2, 0.25) is 0 Å². The predicted octanol–water partition coefficient (Wildman–Crippen LogP) is 2.39. The van der Waals surface area contributed by atoms with Gasteiger partial charge in [-0.3, -0.25) is 0 Å². The van der Waals surface area contributed by atoms with Gasteiger partial charge in [-0.05, 0) is 30.5 Å². The monoisotopic (exact) mass is 226 g/mol. The molecule has 3 heteroatoms. The van der Waals surface area contributed by atoms with Crippen LogP contribution in [0.4, 0.5) is 0 Å². The third-order valence-corrected chi connectivity index (χ3v) is 3.75. The molecule has 0 aliphatic carbocycles. The normalized spacial score (nSPS) is 12.0. The van der Waals surface area contributed by atoms with Crippen molar-refractivity contribution in [2.75, 3.05) is 13.1 Å². The van der Waals surface area contributed by atoms with E-state index in [9.17, 15) is 0 Å². The van der Waals surface area contributed by atoms with Crippen molar-refractivity contribution in [3.63, 3.8) is 0 Å². The summed E-state index contributed by atoms with van der Waals surface area (Å²) in [7, 11) is 0. The molecule has 0 saturated heterocycles. The molecule has 0 saturated carbocycles. The van der Waals surface area contributed by atoms with Crippen LogP contribution in [0.2, 0.25) is 0 Å². The molecule has 86 valence electrons. The lowest BCUT2D eigenvalue weighted by atomic mass is 9.94. The first-order valence-electron chi connectivity index (χ1n) is 5.56. The molecule has 0 radical (unpaired) electrons. The quantitative estimate of drug-likeness (QED) is 0.781. The summed E-state index contributed by atoms with van der Waals surface area (Å²) in [6.07, 6.45) is 1.14.